The summed E-state index contributed by atoms with van der Waals surface area (Å²) in [7, 11) is 0.779. The number of hydrogen-bond acceptors (Lipinski definition) is 5. The summed E-state index contributed by atoms with van der Waals surface area (Å²) < 4.78 is 21.9. The lowest BCUT2D eigenvalue weighted by Gasteiger charge is -2.32. The maximum Gasteiger partial charge on any atom is 0.498 e. The second-order valence-corrected chi connectivity index (χ2v) is 5.70. The lowest BCUT2D eigenvalue weighted by molar-refractivity contribution is 0.00578. The highest BCUT2D eigenvalue weighted by molar-refractivity contribution is 6.62. The molecule has 1 aromatic rings. The Morgan fingerprint density at radius 2 is 1.74 bits per heavy atom. The minimum absolute atomic E-state index is 0.157. The first-order valence-corrected chi connectivity index (χ1v) is 6.22. The zero-order valence-electron chi connectivity index (χ0n) is 12.2. The van der Waals surface area contributed by atoms with E-state index >= 15 is 0 Å². The minimum atomic E-state index is -0.535. The summed E-state index contributed by atoms with van der Waals surface area (Å²) in [6, 6.07) is 1.61. The summed E-state index contributed by atoms with van der Waals surface area (Å²) >= 11 is 0. The quantitative estimate of drug-likeness (QED) is 0.602. The predicted molar refractivity (Wildman–Crippen MR) is 70.5 cm³/mol. The Morgan fingerprint density at radius 1 is 1.21 bits per heavy atom. The van der Waals surface area contributed by atoms with E-state index in [-0.39, 0.29) is 5.76 Å². The van der Waals surface area contributed by atoms with Crippen molar-refractivity contribution >= 4 is 18.6 Å². The van der Waals surface area contributed by atoms with Crippen molar-refractivity contribution in [2.75, 3.05) is 7.11 Å². The number of methoxy groups -OCH3 is 1. The largest absolute Gasteiger partial charge is 0.498 e. The summed E-state index contributed by atoms with van der Waals surface area (Å²) in [6.07, 6.45) is 0. The molecular weight excluding hydrogens is 247 g/mol. The molecule has 104 valence electrons. The van der Waals surface area contributed by atoms with Gasteiger partial charge in [-0.25, -0.2) is 4.79 Å². The zero-order chi connectivity index (χ0) is 14.4. The predicted octanol–water partition coefficient (Wildman–Crippen LogP) is 1.67. The fraction of sp³-hybridized carbons (Fsp3) is 0.615. The zero-order valence-corrected chi connectivity index (χ0v) is 12.2. The standard InChI is InChI=1S/C13H19BO5/c1-8-9(7-10(17-8)11(15)16-6)14-18-12(2,3)13(4,5)19-14/h7H,1-6H3. The third-order valence-corrected chi connectivity index (χ3v) is 3.85. The number of ether oxygens (including phenoxy) is 1. The van der Waals surface area contributed by atoms with Gasteiger partial charge in [-0.1, -0.05) is 0 Å². The molecule has 1 saturated heterocycles. The molecule has 0 radical (unpaired) electrons. The average Bonchev–Trinajstić information content (AvgIpc) is 2.77. The van der Waals surface area contributed by atoms with Crippen LogP contribution in [0.15, 0.2) is 10.5 Å². The lowest BCUT2D eigenvalue weighted by Crippen LogP contribution is -2.41. The topological polar surface area (TPSA) is 57.9 Å². The van der Waals surface area contributed by atoms with Crippen LogP contribution in [0.1, 0.15) is 44.0 Å². The van der Waals surface area contributed by atoms with E-state index in [1.807, 2.05) is 27.7 Å². The molecule has 19 heavy (non-hydrogen) atoms. The number of furan rings is 1. The van der Waals surface area contributed by atoms with E-state index < -0.39 is 24.3 Å². The van der Waals surface area contributed by atoms with Gasteiger partial charge in [-0.05, 0) is 40.7 Å². The molecular formula is C13H19BO5. The van der Waals surface area contributed by atoms with Gasteiger partial charge in [0.25, 0.3) is 0 Å². The third kappa shape index (κ3) is 2.30. The molecule has 1 aromatic heterocycles. The van der Waals surface area contributed by atoms with Gasteiger partial charge in [-0.3, -0.25) is 0 Å². The van der Waals surface area contributed by atoms with Crippen molar-refractivity contribution in [2.45, 2.75) is 45.8 Å². The molecule has 0 atom stereocenters. The molecule has 6 heteroatoms. The summed E-state index contributed by atoms with van der Waals surface area (Å²) in [5.41, 5.74) is -0.126. The first-order valence-electron chi connectivity index (χ1n) is 6.22. The first kappa shape index (κ1) is 14.2. The van der Waals surface area contributed by atoms with Crippen molar-refractivity contribution in [3.63, 3.8) is 0 Å². The van der Waals surface area contributed by atoms with Gasteiger partial charge in [-0.2, -0.15) is 0 Å². The molecule has 1 aliphatic rings. The Labute approximate surface area is 113 Å². The van der Waals surface area contributed by atoms with E-state index in [2.05, 4.69) is 4.74 Å². The maximum atomic E-state index is 11.5. The number of rotatable bonds is 2. The van der Waals surface area contributed by atoms with Crippen LogP contribution in [-0.4, -0.2) is 31.4 Å². The maximum absolute atomic E-state index is 11.5. The lowest BCUT2D eigenvalue weighted by atomic mass is 9.79. The molecule has 1 aliphatic heterocycles. The van der Waals surface area contributed by atoms with Gasteiger partial charge in [0.2, 0.25) is 5.76 Å². The van der Waals surface area contributed by atoms with Gasteiger partial charge in [0, 0.05) is 5.46 Å². The Balaban J connectivity index is 2.30. The van der Waals surface area contributed by atoms with Crippen LogP contribution in [0.25, 0.3) is 0 Å². The highest BCUT2D eigenvalue weighted by atomic mass is 16.7. The van der Waals surface area contributed by atoms with Crippen molar-refractivity contribution in [2.24, 2.45) is 0 Å². The van der Waals surface area contributed by atoms with E-state index in [1.54, 1.807) is 13.0 Å². The van der Waals surface area contributed by atoms with Crippen molar-refractivity contribution in [1.29, 1.82) is 0 Å². The second kappa shape index (κ2) is 4.39. The summed E-state index contributed by atoms with van der Waals surface area (Å²) in [5.74, 6) is 0.245. The Morgan fingerprint density at radius 3 is 2.21 bits per heavy atom. The van der Waals surface area contributed by atoms with E-state index in [1.165, 1.54) is 7.11 Å². The van der Waals surface area contributed by atoms with E-state index in [4.69, 9.17) is 13.7 Å². The second-order valence-electron chi connectivity index (χ2n) is 5.70. The van der Waals surface area contributed by atoms with Crippen LogP contribution < -0.4 is 5.46 Å². The smallest absolute Gasteiger partial charge is 0.463 e. The molecule has 0 bridgehead atoms. The molecule has 0 unspecified atom stereocenters. The van der Waals surface area contributed by atoms with Gasteiger partial charge in [0.15, 0.2) is 0 Å². The third-order valence-electron chi connectivity index (χ3n) is 3.85. The van der Waals surface area contributed by atoms with E-state index in [9.17, 15) is 4.79 Å². The molecule has 5 nitrogen and oxygen atoms in total. The summed E-state index contributed by atoms with van der Waals surface area (Å²) in [4.78, 5) is 11.5. The van der Waals surface area contributed by atoms with Gasteiger partial charge < -0.3 is 18.5 Å². The van der Waals surface area contributed by atoms with Crippen LogP contribution in [0.2, 0.25) is 0 Å². The van der Waals surface area contributed by atoms with Crippen LogP contribution in [0, 0.1) is 6.92 Å². The van der Waals surface area contributed by atoms with Gasteiger partial charge >= 0.3 is 13.1 Å². The van der Waals surface area contributed by atoms with Crippen LogP contribution in [0.3, 0.4) is 0 Å². The van der Waals surface area contributed by atoms with Crippen LogP contribution >= 0.6 is 0 Å². The van der Waals surface area contributed by atoms with Crippen molar-refractivity contribution < 1.29 is 23.3 Å². The highest BCUT2D eigenvalue weighted by Crippen LogP contribution is 2.36. The van der Waals surface area contributed by atoms with Gasteiger partial charge in [0.05, 0.1) is 18.3 Å². The molecule has 0 N–H and O–H groups in total. The Kier molecular flexibility index (Phi) is 3.27. The molecule has 0 spiro atoms. The molecule has 1 fully saturated rings. The van der Waals surface area contributed by atoms with Crippen LogP contribution in [0.4, 0.5) is 0 Å². The Bertz CT molecular complexity index is 487. The van der Waals surface area contributed by atoms with Crippen molar-refractivity contribution in [3.05, 3.63) is 17.6 Å². The van der Waals surface area contributed by atoms with Crippen LogP contribution in [0.5, 0.6) is 0 Å². The number of aryl methyl sites for hydroxylation is 1. The fourth-order valence-corrected chi connectivity index (χ4v) is 1.90. The number of carbonyl (C=O) groups excluding carboxylic acids is 1. The SMILES string of the molecule is COC(=O)c1cc(B2OC(C)(C)C(C)(C)O2)c(C)o1. The van der Waals surface area contributed by atoms with E-state index in [0.717, 1.165) is 5.46 Å². The summed E-state index contributed by atoms with van der Waals surface area (Å²) in [6.45, 7) is 9.67. The van der Waals surface area contributed by atoms with Crippen molar-refractivity contribution in [3.8, 4) is 0 Å². The fourth-order valence-electron chi connectivity index (χ4n) is 1.90. The molecule has 0 amide bonds. The molecule has 0 aromatic carbocycles. The molecule has 2 rings (SSSR count). The summed E-state index contributed by atoms with van der Waals surface area (Å²) in [5, 5.41) is 0. The normalized spacial score (nSPS) is 20.6. The molecule has 0 saturated carbocycles. The van der Waals surface area contributed by atoms with Gasteiger partial charge in [-0.15, -0.1) is 0 Å². The number of esters is 1. The van der Waals surface area contributed by atoms with Crippen LogP contribution in [-0.2, 0) is 14.0 Å². The van der Waals surface area contributed by atoms with E-state index in [0.29, 0.717) is 5.76 Å². The Hall–Kier alpha value is -1.27. The average molecular weight is 266 g/mol. The molecule has 0 aliphatic carbocycles. The number of carbonyl (C=O) groups is 1. The van der Waals surface area contributed by atoms with Crippen molar-refractivity contribution in [1.82, 2.24) is 0 Å². The monoisotopic (exact) mass is 266 g/mol. The highest BCUT2D eigenvalue weighted by Gasteiger charge is 2.52. The van der Waals surface area contributed by atoms with Gasteiger partial charge in [0.1, 0.15) is 5.76 Å². The number of hydrogen-bond donors (Lipinski definition) is 0. The molecule has 2 heterocycles. The first-order chi connectivity index (χ1) is 8.68. The minimum Gasteiger partial charge on any atom is -0.463 e.